The Bertz CT molecular complexity index is 451. The van der Waals surface area contributed by atoms with Crippen molar-refractivity contribution in [1.29, 1.82) is 0 Å². The molecule has 1 fully saturated rings. The first kappa shape index (κ1) is 13.9. The zero-order chi connectivity index (χ0) is 14.0. The standard InChI is InChI=1S/C17H24O3/c18-16(17(19)9-4-1-5-10-17)12-13-8-11-20-15-7-3-2-6-14(13)15/h2-3,6-7,13,16,18-19H,1,4-5,8-12H2. The van der Waals surface area contributed by atoms with Crippen LogP contribution in [-0.2, 0) is 0 Å². The van der Waals surface area contributed by atoms with Crippen LogP contribution in [0, 0.1) is 0 Å². The fraction of sp³-hybridized carbons (Fsp3) is 0.647. The van der Waals surface area contributed by atoms with E-state index in [9.17, 15) is 10.2 Å². The summed E-state index contributed by atoms with van der Waals surface area (Å²) in [6.07, 6.45) is 5.63. The molecule has 2 N–H and O–H groups in total. The van der Waals surface area contributed by atoms with E-state index in [0.29, 0.717) is 18.9 Å². The van der Waals surface area contributed by atoms with E-state index >= 15 is 0 Å². The Morgan fingerprint density at radius 1 is 1.20 bits per heavy atom. The van der Waals surface area contributed by atoms with Gasteiger partial charge in [-0.05, 0) is 43.2 Å². The van der Waals surface area contributed by atoms with E-state index in [1.807, 2.05) is 18.2 Å². The molecule has 20 heavy (non-hydrogen) atoms. The topological polar surface area (TPSA) is 49.7 Å². The summed E-state index contributed by atoms with van der Waals surface area (Å²) in [4.78, 5) is 0. The maximum absolute atomic E-state index is 10.6. The van der Waals surface area contributed by atoms with Gasteiger partial charge in [0.05, 0.1) is 18.3 Å². The lowest BCUT2D eigenvalue weighted by molar-refractivity contribution is -0.102. The Balaban J connectivity index is 1.72. The summed E-state index contributed by atoms with van der Waals surface area (Å²) in [5.41, 5.74) is 0.308. The van der Waals surface area contributed by atoms with Gasteiger partial charge >= 0.3 is 0 Å². The van der Waals surface area contributed by atoms with Crippen LogP contribution in [0.4, 0.5) is 0 Å². The number of benzene rings is 1. The Kier molecular flexibility index (Phi) is 3.99. The minimum Gasteiger partial charge on any atom is -0.493 e. The number of para-hydroxylation sites is 1. The molecule has 0 bridgehead atoms. The van der Waals surface area contributed by atoms with Gasteiger partial charge in [-0.2, -0.15) is 0 Å². The smallest absolute Gasteiger partial charge is 0.122 e. The molecule has 0 spiro atoms. The van der Waals surface area contributed by atoms with Crippen LogP contribution >= 0.6 is 0 Å². The second-order valence-corrected chi connectivity index (χ2v) is 6.29. The highest BCUT2D eigenvalue weighted by molar-refractivity contribution is 5.37. The summed E-state index contributed by atoms with van der Waals surface area (Å²) in [5, 5.41) is 21.2. The largest absolute Gasteiger partial charge is 0.493 e. The summed E-state index contributed by atoms with van der Waals surface area (Å²) in [6, 6.07) is 8.06. The van der Waals surface area contributed by atoms with Gasteiger partial charge in [0.1, 0.15) is 5.75 Å². The van der Waals surface area contributed by atoms with E-state index in [-0.39, 0.29) is 0 Å². The van der Waals surface area contributed by atoms with E-state index in [4.69, 9.17) is 4.74 Å². The molecule has 110 valence electrons. The van der Waals surface area contributed by atoms with E-state index in [0.717, 1.165) is 37.9 Å². The summed E-state index contributed by atoms with van der Waals surface area (Å²) in [7, 11) is 0. The SMILES string of the molecule is OC(CC1CCOc2ccccc21)C1(O)CCCCC1. The van der Waals surface area contributed by atoms with Gasteiger partial charge in [-0.1, -0.05) is 37.5 Å². The van der Waals surface area contributed by atoms with Gasteiger partial charge < -0.3 is 14.9 Å². The second-order valence-electron chi connectivity index (χ2n) is 6.29. The number of aliphatic hydroxyl groups is 2. The fourth-order valence-corrected chi connectivity index (χ4v) is 3.65. The highest BCUT2D eigenvalue weighted by Crippen LogP contribution is 2.40. The van der Waals surface area contributed by atoms with Gasteiger partial charge in [0, 0.05) is 0 Å². The molecule has 3 heteroatoms. The molecular weight excluding hydrogens is 252 g/mol. The van der Waals surface area contributed by atoms with Gasteiger partial charge in [-0.15, -0.1) is 0 Å². The van der Waals surface area contributed by atoms with E-state index in [1.165, 1.54) is 12.0 Å². The molecule has 2 aliphatic rings. The summed E-state index contributed by atoms with van der Waals surface area (Å²) >= 11 is 0. The van der Waals surface area contributed by atoms with Crippen LogP contribution in [-0.4, -0.2) is 28.5 Å². The lowest BCUT2D eigenvalue weighted by Crippen LogP contribution is -2.44. The molecule has 1 heterocycles. The minimum absolute atomic E-state index is 0.293. The lowest BCUT2D eigenvalue weighted by atomic mass is 9.76. The van der Waals surface area contributed by atoms with Gasteiger partial charge in [0.2, 0.25) is 0 Å². The monoisotopic (exact) mass is 276 g/mol. The molecule has 2 unspecified atom stereocenters. The third-order valence-corrected chi connectivity index (χ3v) is 4.93. The second kappa shape index (κ2) is 5.74. The molecule has 0 radical (unpaired) electrons. The molecule has 2 atom stereocenters. The van der Waals surface area contributed by atoms with Crippen LogP contribution in [0.2, 0.25) is 0 Å². The minimum atomic E-state index is -0.870. The molecule has 1 aromatic carbocycles. The molecule has 3 rings (SSSR count). The van der Waals surface area contributed by atoms with E-state index in [1.54, 1.807) is 0 Å². The van der Waals surface area contributed by atoms with Crippen molar-refractivity contribution in [2.24, 2.45) is 0 Å². The highest BCUT2D eigenvalue weighted by Gasteiger charge is 2.38. The summed E-state index contributed by atoms with van der Waals surface area (Å²) in [6.45, 7) is 0.701. The van der Waals surface area contributed by atoms with Gasteiger partial charge in [-0.3, -0.25) is 0 Å². The van der Waals surface area contributed by atoms with Crippen LogP contribution in [0.3, 0.4) is 0 Å². The van der Waals surface area contributed by atoms with E-state index < -0.39 is 11.7 Å². The van der Waals surface area contributed by atoms with Crippen molar-refractivity contribution in [3.8, 4) is 5.75 Å². The Morgan fingerprint density at radius 3 is 2.75 bits per heavy atom. The van der Waals surface area contributed by atoms with Crippen LogP contribution in [0.25, 0.3) is 0 Å². The van der Waals surface area contributed by atoms with Crippen LogP contribution in [0.1, 0.15) is 56.4 Å². The third kappa shape index (κ3) is 2.70. The Morgan fingerprint density at radius 2 is 1.95 bits per heavy atom. The van der Waals surface area contributed by atoms with Crippen LogP contribution in [0.15, 0.2) is 24.3 Å². The fourth-order valence-electron chi connectivity index (χ4n) is 3.65. The molecule has 0 saturated heterocycles. The van der Waals surface area contributed by atoms with Crippen LogP contribution in [0.5, 0.6) is 5.75 Å². The highest BCUT2D eigenvalue weighted by atomic mass is 16.5. The first-order valence-corrected chi connectivity index (χ1v) is 7.81. The predicted octanol–water partition coefficient (Wildman–Crippen LogP) is 3.00. The molecule has 0 aromatic heterocycles. The average Bonchev–Trinajstić information content (AvgIpc) is 2.48. The molecule has 1 aromatic rings. The van der Waals surface area contributed by atoms with E-state index in [2.05, 4.69) is 6.07 Å². The molecule has 1 aliphatic carbocycles. The number of fused-ring (bicyclic) bond motifs is 1. The maximum atomic E-state index is 10.6. The number of ether oxygens (including phenoxy) is 1. The number of aliphatic hydroxyl groups excluding tert-OH is 1. The van der Waals surface area contributed by atoms with Gasteiger partial charge in [-0.25, -0.2) is 0 Å². The van der Waals surface area contributed by atoms with Crippen molar-refractivity contribution in [1.82, 2.24) is 0 Å². The molecule has 0 amide bonds. The number of hydrogen-bond acceptors (Lipinski definition) is 3. The number of hydrogen-bond donors (Lipinski definition) is 2. The van der Waals surface area contributed by atoms with Gasteiger partial charge in [0.15, 0.2) is 0 Å². The average molecular weight is 276 g/mol. The van der Waals surface area contributed by atoms with Crippen molar-refractivity contribution in [2.75, 3.05) is 6.61 Å². The zero-order valence-electron chi connectivity index (χ0n) is 11.9. The lowest BCUT2D eigenvalue weighted by Gasteiger charge is -2.38. The van der Waals surface area contributed by atoms with Crippen LogP contribution < -0.4 is 4.74 Å². The zero-order valence-corrected chi connectivity index (χ0v) is 11.9. The number of rotatable bonds is 3. The first-order chi connectivity index (χ1) is 9.69. The Labute approximate surface area is 120 Å². The first-order valence-electron chi connectivity index (χ1n) is 7.81. The van der Waals surface area contributed by atoms with Crippen molar-refractivity contribution in [3.05, 3.63) is 29.8 Å². The van der Waals surface area contributed by atoms with Crippen molar-refractivity contribution in [3.63, 3.8) is 0 Å². The summed E-state index contributed by atoms with van der Waals surface area (Å²) < 4.78 is 5.66. The molecule has 3 nitrogen and oxygen atoms in total. The third-order valence-electron chi connectivity index (χ3n) is 4.93. The molecular formula is C17H24O3. The van der Waals surface area contributed by atoms with Crippen molar-refractivity contribution in [2.45, 2.75) is 62.6 Å². The Hall–Kier alpha value is -1.06. The molecule has 1 aliphatic heterocycles. The quantitative estimate of drug-likeness (QED) is 0.892. The maximum Gasteiger partial charge on any atom is 0.122 e. The predicted molar refractivity (Wildman–Crippen MR) is 78.0 cm³/mol. The van der Waals surface area contributed by atoms with Gasteiger partial charge in [0.25, 0.3) is 0 Å². The van der Waals surface area contributed by atoms with Crippen molar-refractivity contribution >= 4 is 0 Å². The van der Waals surface area contributed by atoms with Crippen molar-refractivity contribution < 1.29 is 14.9 Å². The summed E-state index contributed by atoms with van der Waals surface area (Å²) in [5.74, 6) is 1.23. The molecule has 1 saturated carbocycles. The normalized spacial score (nSPS) is 26.4.